The number of hydrogen-bond acceptors (Lipinski definition) is 4. The van der Waals surface area contributed by atoms with Gasteiger partial charge in [-0.1, -0.05) is 152 Å². The summed E-state index contributed by atoms with van der Waals surface area (Å²) >= 11 is 1.77. The van der Waals surface area contributed by atoms with E-state index in [0.29, 0.717) is 17.5 Å². The van der Waals surface area contributed by atoms with E-state index in [-0.39, 0.29) is 0 Å². The van der Waals surface area contributed by atoms with Gasteiger partial charge in [0.2, 0.25) is 0 Å². The first kappa shape index (κ1) is 26.9. The lowest BCUT2D eigenvalue weighted by atomic mass is 10.0. The number of hydrogen-bond donors (Lipinski definition) is 0. The van der Waals surface area contributed by atoms with E-state index in [1.54, 1.807) is 11.3 Å². The zero-order valence-electron chi connectivity index (χ0n) is 24.3. The Kier molecular flexibility index (Phi) is 7.02. The molecule has 0 spiro atoms. The van der Waals surface area contributed by atoms with E-state index in [4.69, 9.17) is 15.0 Å². The molecule has 0 saturated heterocycles. The summed E-state index contributed by atoms with van der Waals surface area (Å²) in [6.07, 6.45) is 0. The van der Waals surface area contributed by atoms with Crippen LogP contribution in [0.2, 0.25) is 0 Å². The molecule has 3 nitrogen and oxygen atoms in total. The van der Waals surface area contributed by atoms with Crippen LogP contribution in [0.3, 0.4) is 0 Å². The zero-order valence-corrected chi connectivity index (χ0v) is 25.2. The highest BCUT2D eigenvalue weighted by Gasteiger charge is 2.21. The predicted octanol–water partition coefficient (Wildman–Crippen LogP) is 11.1. The van der Waals surface area contributed by atoms with Crippen molar-refractivity contribution in [3.05, 3.63) is 164 Å². The summed E-state index contributed by atoms with van der Waals surface area (Å²) in [7, 11) is 0. The van der Waals surface area contributed by atoms with Crippen molar-refractivity contribution in [2.24, 2.45) is 0 Å². The molecule has 0 amide bonds. The van der Waals surface area contributed by atoms with E-state index >= 15 is 0 Å². The fraction of sp³-hybridized carbons (Fsp3) is 0. The molecule has 6 aromatic carbocycles. The maximum Gasteiger partial charge on any atom is 0.166 e. The molecule has 0 radical (unpaired) electrons. The molecule has 8 rings (SSSR count). The van der Waals surface area contributed by atoms with Crippen molar-refractivity contribution in [2.75, 3.05) is 0 Å². The molecule has 0 fully saturated rings. The monoisotopic (exact) mass is 593 g/mol. The van der Waals surface area contributed by atoms with Gasteiger partial charge >= 0.3 is 0 Å². The fourth-order valence-corrected chi connectivity index (χ4v) is 6.92. The first-order valence-electron chi connectivity index (χ1n) is 15.0. The van der Waals surface area contributed by atoms with Crippen LogP contribution in [-0.4, -0.2) is 15.0 Å². The third-order valence-electron chi connectivity index (χ3n) is 7.97. The molecule has 0 aliphatic heterocycles. The standard InChI is InChI=1S/C41H27N3S/c1-4-13-28(14-5-1)30-23-25-32(26-24-30)39-42-40(34-20-12-19-33(27-34)29-15-6-2-7-16-29)44-41(43-39)37-35-21-10-11-22-36(35)45-38(37)31-17-8-3-9-18-31/h1-27H. The Morgan fingerprint density at radius 2 is 0.800 bits per heavy atom. The second kappa shape index (κ2) is 11.8. The molecule has 8 aromatic rings. The van der Waals surface area contributed by atoms with Gasteiger partial charge in [-0.25, -0.2) is 15.0 Å². The molecule has 212 valence electrons. The Hall–Kier alpha value is -5.71. The predicted molar refractivity (Wildman–Crippen MR) is 188 cm³/mol. The average Bonchev–Trinajstić information content (AvgIpc) is 3.53. The maximum atomic E-state index is 5.19. The number of thiophene rings is 1. The van der Waals surface area contributed by atoms with Gasteiger partial charge in [0.25, 0.3) is 0 Å². The second-order valence-corrected chi connectivity index (χ2v) is 11.9. The van der Waals surface area contributed by atoms with Crippen LogP contribution in [0, 0.1) is 0 Å². The van der Waals surface area contributed by atoms with Crippen molar-refractivity contribution in [2.45, 2.75) is 0 Å². The van der Waals surface area contributed by atoms with Crippen LogP contribution in [0.1, 0.15) is 0 Å². The van der Waals surface area contributed by atoms with Gasteiger partial charge in [0.15, 0.2) is 17.5 Å². The average molecular weight is 594 g/mol. The third kappa shape index (κ3) is 5.33. The van der Waals surface area contributed by atoms with Crippen LogP contribution in [0.5, 0.6) is 0 Å². The van der Waals surface area contributed by atoms with E-state index in [9.17, 15) is 0 Å². The van der Waals surface area contributed by atoms with E-state index < -0.39 is 0 Å². The highest BCUT2D eigenvalue weighted by molar-refractivity contribution is 7.23. The summed E-state index contributed by atoms with van der Waals surface area (Å²) in [6.45, 7) is 0. The van der Waals surface area contributed by atoms with Crippen LogP contribution in [-0.2, 0) is 0 Å². The topological polar surface area (TPSA) is 38.7 Å². The molecular weight excluding hydrogens is 567 g/mol. The minimum atomic E-state index is 0.647. The van der Waals surface area contributed by atoms with Gasteiger partial charge in [0.1, 0.15) is 0 Å². The van der Waals surface area contributed by atoms with Crippen LogP contribution < -0.4 is 0 Å². The van der Waals surface area contributed by atoms with Crippen LogP contribution in [0.4, 0.5) is 0 Å². The Morgan fingerprint density at radius 3 is 1.49 bits per heavy atom. The molecule has 4 heteroatoms. The van der Waals surface area contributed by atoms with Crippen LogP contribution in [0.15, 0.2) is 164 Å². The summed E-state index contributed by atoms with van der Waals surface area (Å²) in [5.41, 5.74) is 8.68. The van der Waals surface area contributed by atoms with Gasteiger partial charge in [-0.3, -0.25) is 0 Å². The minimum absolute atomic E-state index is 0.647. The summed E-state index contributed by atoms with van der Waals surface area (Å²) in [5, 5.41) is 1.14. The third-order valence-corrected chi connectivity index (χ3v) is 9.19. The van der Waals surface area contributed by atoms with E-state index in [1.807, 2.05) is 12.1 Å². The van der Waals surface area contributed by atoms with Gasteiger partial charge in [-0.2, -0.15) is 0 Å². The summed E-state index contributed by atoms with van der Waals surface area (Å²) in [5.74, 6) is 1.96. The fourth-order valence-electron chi connectivity index (χ4n) is 5.72. The molecule has 0 N–H and O–H groups in total. The molecule has 2 heterocycles. The van der Waals surface area contributed by atoms with Crippen LogP contribution >= 0.6 is 11.3 Å². The molecule has 0 atom stereocenters. The number of nitrogens with zero attached hydrogens (tertiary/aromatic N) is 3. The van der Waals surface area contributed by atoms with Gasteiger partial charge in [-0.15, -0.1) is 11.3 Å². The molecule has 0 saturated carbocycles. The van der Waals surface area contributed by atoms with E-state index in [0.717, 1.165) is 49.2 Å². The lowest BCUT2D eigenvalue weighted by molar-refractivity contribution is 1.08. The quantitative estimate of drug-likeness (QED) is 0.192. The largest absolute Gasteiger partial charge is 0.208 e. The Labute approximate surface area is 266 Å². The molecule has 0 unspecified atom stereocenters. The lowest BCUT2D eigenvalue weighted by Crippen LogP contribution is -2.00. The first-order valence-corrected chi connectivity index (χ1v) is 15.8. The normalized spacial score (nSPS) is 11.1. The highest BCUT2D eigenvalue weighted by atomic mass is 32.1. The number of fused-ring (bicyclic) bond motifs is 1. The molecule has 0 aliphatic carbocycles. The van der Waals surface area contributed by atoms with Crippen molar-refractivity contribution in [3.63, 3.8) is 0 Å². The Balaban J connectivity index is 1.33. The van der Waals surface area contributed by atoms with Crippen LogP contribution in [0.25, 0.3) is 76.9 Å². The zero-order chi connectivity index (χ0) is 30.0. The van der Waals surface area contributed by atoms with Gasteiger partial charge in [0.05, 0.1) is 0 Å². The Morgan fingerprint density at radius 1 is 0.333 bits per heavy atom. The van der Waals surface area contributed by atoms with Crippen molar-refractivity contribution in [3.8, 4) is 66.9 Å². The summed E-state index contributed by atoms with van der Waals surface area (Å²) in [4.78, 5) is 16.6. The molecule has 0 aliphatic rings. The first-order chi connectivity index (χ1) is 22.3. The Bertz CT molecular complexity index is 2240. The van der Waals surface area contributed by atoms with Gasteiger partial charge < -0.3 is 0 Å². The summed E-state index contributed by atoms with van der Waals surface area (Å²) < 4.78 is 1.20. The SMILES string of the molecule is c1ccc(-c2ccc(-c3nc(-c4cccc(-c5ccccc5)c4)nc(-c4c(-c5ccccc5)sc5ccccc45)n3)cc2)cc1. The van der Waals surface area contributed by atoms with Gasteiger partial charge in [-0.05, 0) is 39.9 Å². The molecule has 45 heavy (non-hydrogen) atoms. The maximum absolute atomic E-state index is 5.19. The minimum Gasteiger partial charge on any atom is -0.208 e. The number of benzene rings is 6. The lowest BCUT2D eigenvalue weighted by Gasteiger charge is -2.11. The smallest absolute Gasteiger partial charge is 0.166 e. The van der Waals surface area contributed by atoms with Crippen molar-refractivity contribution in [1.82, 2.24) is 15.0 Å². The summed E-state index contributed by atoms with van der Waals surface area (Å²) in [6, 6.07) is 56.8. The molecular formula is C41H27N3S. The molecule has 2 aromatic heterocycles. The van der Waals surface area contributed by atoms with E-state index in [2.05, 4.69) is 152 Å². The highest BCUT2D eigenvalue weighted by Crippen LogP contribution is 2.44. The number of aromatic nitrogens is 3. The number of rotatable bonds is 6. The van der Waals surface area contributed by atoms with Crippen molar-refractivity contribution in [1.29, 1.82) is 0 Å². The van der Waals surface area contributed by atoms with E-state index in [1.165, 1.54) is 10.3 Å². The van der Waals surface area contributed by atoms with Crippen molar-refractivity contribution >= 4 is 21.4 Å². The van der Waals surface area contributed by atoms with Gasteiger partial charge in [0, 0.05) is 31.7 Å². The van der Waals surface area contributed by atoms with Crippen molar-refractivity contribution < 1.29 is 0 Å². The molecule has 0 bridgehead atoms. The second-order valence-electron chi connectivity index (χ2n) is 10.9.